The summed E-state index contributed by atoms with van der Waals surface area (Å²) in [4.78, 5) is 19.7. The van der Waals surface area contributed by atoms with Gasteiger partial charge in [-0.2, -0.15) is 0 Å². The molecule has 162 valence electrons. The lowest BCUT2D eigenvalue weighted by Gasteiger charge is -2.34. The van der Waals surface area contributed by atoms with Gasteiger partial charge >= 0.3 is 0 Å². The number of rotatable bonds is 6. The van der Waals surface area contributed by atoms with Gasteiger partial charge in [-0.25, -0.2) is 4.98 Å². The predicted octanol–water partition coefficient (Wildman–Crippen LogP) is 4.21. The number of carbonyl (C=O) groups excluding carboxylic acids is 1. The van der Waals surface area contributed by atoms with Crippen molar-refractivity contribution < 1.29 is 14.3 Å². The lowest BCUT2D eigenvalue weighted by molar-refractivity contribution is -0.116. The van der Waals surface area contributed by atoms with E-state index < -0.39 is 0 Å². The maximum absolute atomic E-state index is 12.7. The molecule has 1 aliphatic heterocycles. The highest BCUT2D eigenvalue weighted by molar-refractivity contribution is 7.13. The molecule has 0 bridgehead atoms. The summed E-state index contributed by atoms with van der Waals surface area (Å²) in [6, 6.07) is 6.23. The zero-order chi connectivity index (χ0) is 21.1. The van der Waals surface area contributed by atoms with Crippen molar-refractivity contribution in [3.8, 4) is 5.75 Å². The van der Waals surface area contributed by atoms with Crippen LogP contribution in [-0.4, -0.2) is 48.2 Å². The molecule has 1 N–H and O–H groups in total. The van der Waals surface area contributed by atoms with Crippen LogP contribution in [0.4, 0.5) is 5.13 Å². The first-order valence-corrected chi connectivity index (χ1v) is 11.7. The van der Waals surface area contributed by atoms with E-state index in [1.165, 1.54) is 22.5 Å². The van der Waals surface area contributed by atoms with E-state index in [-0.39, 0.29) is 24.0 Å². The van der Waals surface area contributed by atoms with Crippen LogP contribution in [0.1, 0.15) is 55.8 Å². The van der Waals surface area contributed by atoms with Gasteiger partial charge in [-0.1, -0.05) is 6.07 Å². The largest absolute Gasteiger partial charge is 0.497 e. The lowest BCUT2D eigenvalue weighted by Crippen LogP contribution is -2.44. The first-order valence-electron chi connectivity index (χ1n) is 10.8. The standard InChI is InChI=1S/C23H31N3O3S/c1-15-11-26(12-16(2)29-15)13-19-14-30-23(24-19)25-22(27)10-18-6-4-5-17-9-20(28-3)7-8-21(17)18/h7-9,14-16,18H,4-6,10-13H2,1-3H3,(H,24,25,27). The summed E-state index contributed by atoms with van der Waals surface area (Å²) in [6.07, 6.45) is 4.18. The van der Waals surface area contributed by atoms with E-state index in [1.54, 1.807) is 7.11 Å². The smallest absolute Gasteiger partial charge is 0.226 e. The Morgan fingerprint density at radius 3 is 2.90 bits per heavy atom. The Balaban J connectivity index is 1.33. The molecule has 3 unspecified atom stereocenters. The number of carbonyl (C=O) groups is 1. The maximum Gasteiger partial charge on any atom is 0.226 e. The fourth-order valence-corrected chi connectivity index (χ4v) is 5.42. The highest BCUT2D eigenvalue weighted by atomic mass is 32.1. The third kappa shape index (κ3) is 5.20. The number of nitrogens with one attached hydrogen (secondary N) is 1. The Labute approximate surface area is 182 Å². The number of aromatic nitrogens is 1. The molecule has 6 nitrogen and oxygen atoms in total. The quantitative estimate of drug-likeness (QED) is 0.745. The second-order valence-corrected chi connectivity index (χ2v) is 9.36. The number of thiazole rings is 1. The van der Waals surface area contributed by atoms with E-state index in [0.29, 0.717) is 11.6 Å². The van der Waals surface area contributed by atoms with Gasteiger partial charge in [0.05, 0.1) is 25.0 Å². The van der Waals surface area contributed by atoms with E-state index >= 15 is 0 Å². The van der Waals surface area contributed by atoms with Crippen LogP contribution in [0.25, 0.3) is 0 Å². The molecule has 30 heavy (non-hydrogen) atoms. The number of aryl methyl sites for hydroxylation is 1. The third-order valence-electron chi connectivity index (χ3n) is 5.90. The van der Waals surface area contributed by atoms with Crippen molar-refractivity contribution in [2.75, 3.05) is 25.5 Å². The SMILES string of the molecule is COc1ccc2c(c1)CCCC2CC(=O)Nc1nc(CN2CC(C)OC(C)C2)cs1. The van der Waals surface area contributed by atoms with Gasteiger partial charge < -0.3 is 14.8 Å². The van der Waals surface area contributed by atoms with Crippen LogP contribution in [0, 0.1) is 0 Å². The highest BCUT2D eigenvalue weighted by Gasteiger charge is 2.25. The first-order chi connectivity index (χ1) is 14.5. The van der Waals surface area contributed by atoms with E-state index in [4.69, 9.17) is 9.47 Å². The third-order valence-corrected chi connectivity index (χ3v) is 6.71. The van der Waals surface area contributed by atoms with Crippen molar-refractivity contribution in [3.05, 3.63) is 40.4 Å². The number of hydrogen-bond donors (Lipinski definition) is 1. The molecule has 2 aliphatic rings. The Kier molecular flexibility index (Phi) is 6.71. The van der Waals surface area contributed by atoms with Crippen LogP contribution in [0.5, 0.6) is 5.75 Å². The van der Waals surface area contributed by atoms with Gasteiger partial charge in [-0.15, -0.1) is 11.3 Å². The van der Waals surface area contributed by atoms with Gasteiger partial charge in [-0.3, -0.25) is 9.69 Å². The number of methoxy groups -OCH3 is 1. The van der Waals surface area contributed by atoms with Crippen LogP contribution in [-0.2, 0) is 22.5 Å². The van der Waals surface area contributed by atoms with Gasteiger partial charge in [0.15, 0.2) is 5.13 Å². The Hall–Kier alpha value is -1.96. The van der Waals surface area contributed by atoms with E-state index in [1.807, 2.05) is 11.4 Å². The van der Waals surface area contributed by atoms with E-state index in [2.05, 4.69) is 41.2 Å². The molecule has 1 amide bonds. The molecule has 7 heteroatoms. The van der Waals surface area contributed by atoms with Crippen molar-refractivity contribution in [2.45, 2.75) is 64.2 Å². The molecule has 0 radical (unpaired) electrons. The molecule has 1 aliphatic carbocycles. The molecule has 2 aromatic rings. The van der Waals surface area contributed by atoms with Crippen LogP contribution < -0.4 is 10.1 Å². The molecular weight excluding hydrogens is 398 g/mol. The topological polar surface area (TPSA) is 63.7 Å². The van der Waals surface area contributed by atoms with Gasteiger partial charge in [0.2, 0.25) is 5.91 Å². The number of hydrogen-bond acceptors (Lipinski definition) is 6. The van der Waals surface area contributed by atoms with Crippen molar-refractivity contribution in [1.82, 2.24) is 9.88 Å². The van der Waals surface area contributed by atoms with Crippen LogP contribution in [0.3, 0.4) is 0 Å². The van der Waals surface area contributed by atoms with Gasteiger partial charge in [0, 0.05) is 31.4 Å². The zero-order valence-corrected chi connectivity index (χ0v) is 18.8. The van der Waals surface area contributed by atoms with Crippen LogP contribution in [0.15, 0.2) is 23.6 Å². The number of ether oxygens (including phenoxy) is 2. The number of anilines is 1. The Morgan fingerprint density at radius 1 is 1.33 bits per heavy atom. The molecule has 1 aromatic carbocycles. The average molecular weight is 430 g/mol. The van der Waals surface area contributed by atoms with Crippen molar-refractivity contribution >= 4 is 22.4 Å². The van der Waals surface area contributed by atoms with E-state index in [0.717, 1.165) is 50.3 Å². The minimum atomic E-state index is 0.0400. The molecule has 1 saturated heterocycles. The zero-order valence-electron chi connectivity index (χ0n) is 18.0. The maximum atomic E-state index is 12.7. The summed E-state index contributed by atoms with van der Waals surface area (Å²) in [7, 11) is 1.69. The minimum absolute atomic E-state index is 0.0400. The Bertz CT molecular complexity index is 874. The number of benzene rings is 1. The number of morpholine rings is 1. The summed E-state index contributed by atoms with van der Waals surface area (Å²) in [6.45, 7) is 6.83. The summed E-state index contributed by atoms with van der Waals surface area (Å²) in [5.74, 6) is 1.19. The molecule has 1 aromatic heterocycles. The van der Waals surface area contributed by atoms with E-state index in [9.17, 15) is 4.79 Å². The van der Waals surface area contributed by atoms with Gasteiger partial charge in [0.25, 0.3) is 0 Å². The summed E-state index contributed by atoms with van der Waals surface area (Å²) in [5, 5.41) is 5.75. The first kappa shape index (κ1) is 21.3. The summed E-state index contributed by atoms with van der Waals surface area (Å²) < 4.78 is 11.1. The predicted molar refractivity (Wildman–Crippen MR) is 119 cm³/mol. The number of amides is 1. The van der Waals surface area contributed by atoms with Crippen LogP contribution in [0.2, 0.25) is 0 Å². The summed E-state index contributed by atoms with van der Waals surface area (Å²) in [5.41, 5.74) is 3.60. The minimum Gasteiger partial charge on any atom is -0.497 e. The average Bonchev–Trinajstić information content (AvgIpc) is 3.13. The van der Waals surface area contributed by atoms with Crippen LogP contribution >= 0.6 is 11.3 Å². The number of nitrogens with zero attached hydrogens (tertiary/aromatic N) is 2. The van der Waals surface area contributed by atoms with Crippen molar-refractivity contribution in [3.63, 3.8) is 0 Å². The monoisotopic (exact) mass is 429 g/mol. The van der Waals surface area contributed by atoms with Crippen molar-refractivity contribution in [2.24, 2.45) is 0 Å². The normalized spacial score (nSPS) is 24.3. The molecule has 0 spiro atoms. The Morgan fingerprint density at radius 2 is 2.13 bits per heavy atom. The second kappa shape index (κ2) is 9.45. The molecule has 2 heterocycles. The van der Waals surface area contributed by atoms with Gasteiger partial charge in [0.1, 0.15) is 5.75 Å². The second-order valence-electron chi connectivity index (χ2n) is 8.50. The number of fused-ring (bicyclic) bond motifs is 1. The van der Waals surface area contributed by atoms with Crippen molar-refractivity contribution in [1.29, 1.82) is 0 Å². The molecule has 0 saturated carbocycles. The lowest BCUT2D eigenvalue weighted by atomic mass is 9.81. The highest BCUT2D eigenvalue weighted by Crippen LogP contribution is 2.36. The van der Waals surface area contributed by atoms with Gasteiger partial charge in [-0.05, 0) is 62.3 Å². The molecular formula is C23H31N3O3S. The molecule has 1 fully saturated rings. The fraction of sp³-hybridized carbons (Fsp3) is 0.565. The fourth-order valence-electron chi connectivity index (χ4n) is 4.70. The molecule has 4 rings (SSSR count). The summed E-state index contributed by atoms with van der Waals surface area (Å²) >= 11 is 1.50. The molecule has 3 atom stereocenters.